The van der Waals surface area contributed by atoms with E-state index >= 15 is 0 Å². The minimum absolute atomic E-state index is 0.0281. The second kappa shape index (κ2) is 7.75. The summed E-state index contributed by atoms with van der Waals surface area (Å²) in [6.45, 7) is 0. The number of carboxylic acids is 1. The third-order valence-corrected chi connectivity index (χ3v) is 4.34. The zero-order valence-electron chi connectivity index (χ0n) is 13.8. The molecule has 5 nitrogen and oxygen atoms in total. The van der Waals surface area contributed by atoms with Crippen LogP contribution in [0.5, 0.6) is 0 Å². The summed E-state index contributed by atoms with van der Waals surface area (Å²) in [5.74, 6) is -0.822. The topological polar surface area (TPSA) is 78.8 Å². The Labute approximate surface area is 146 Å². The Kier molecular flexibility index (Phi) is 5.23. The highest BCUT2D eigenvalue weighted by atomic mass is 16.4. The highest BCUT2D eigenvalue weighted by molar-refractivity contribution is 6.02. The summed E-state index contributed by atoms with van der Waals surface area (Å²) in [7, 11) is 0. The minimum atomic E-state index is -0.888. The van der Waals surface area contributed by atoms with Gasteiger partial charge in [-0.2, -0.15) is 5.10 Å². The summed E-state index contributed by atoms with van der Waals surface area (Å²) in [6.07, 6.45) is 1.06. The van der Waals surface area contributed by atoms with Gasteiger partial charge in [0.2, 0.25) is 5.91 Å². The number of benzene rings is 2. The number of nitrogens with zero attached hydrogens (tertiary/aromatic N) is 1. The SMILES string of the molecule is O=C(O)CC/C(=N/NC(=O)[C@H]1C[C@@H]1c1ccccc1)c1ccccc1. The maximum Gasteiger partial charge on any atom is 0.303 e. The third kappa shape index (κ3) is 4.53. The third-order valence-electron chi connectivity index (χ3n) is 4.34. The van der Waals surface area contributed by atoms with Crippen LogP contribution in [0.25, 0.3) is 0 Å². The Morgan fingerprint density at radius 2 is 1.64 bits per heavy atom. The molecule has 0 spiro atoms. The lowest BCUT2D eigenvalue weighted by Crippen LogP contribution is -2.22. The van der Waals surface area contributed by atoms with Crippen LogP contribution in [0.2, 0.25) is 0 Å². The van der Waals surface area contributed by atoms with E-state index in [4.69, 9.17) is 5.11 Å². The van der Waals surface area contributed by atoms with Gasteiger partial charge in [0, 0.05) is 12.3 Å². The maximum atomic E-state index is 12.3. The molecule has 0 heterocycles. The van der Waals surface area contributed by atoms with Crippen LogP contribution in [-0.2, 0) is 9.59 Å². The van der Waals surface area contributed by atoms with E-state index in [9.17, 15) is 9.59 Å². The maximum absolute atomic E-state index is 12.3. The number of carbonyl (C=O) groups is 2. The van der Waals surface area contributed by atoms with Crippen LogP contribution in [0.1, 0.15) is 36.3 Å². The van der Waals surface area contributed by atoms with Gasteiger partial charge in [-0.15, -0.1) is 0 Å². The molecule has 1 aliphatic carbocycles. The molecule has 25 heavy (non-hydrogen) atoms. The monoisotopic (exact) mass is 336 g/mol. The number of hydrazone groups is 1. The fraction of sp³-hybridized carbons (Fsp3) is 0.250. The van der Waals surface area contributed by atoms with Crippen molar-refractivity contribution in [2.45, 2.75) is 25.2 Å². The van der Waals surface area contributed by atoms with Gasteiger partial charge in [0.05, 0.1) is 12.1 Å². The Morgan fingerprint density at radius 3 is 2.28 bits per heavy atom. The summed E-state index contributed by atoms with van der Waals surface area (Å²) < 4.78 is 0. The van der Waals surface area contributed by atoms with Crippen LogP contribution >= 0.6 is 0 Å². The first-order valence-corrected chi connectivity index (χ1v) is 8.33. The molecule has 0 unspecified atom stereocenters. The summed E-state index contributed by atoms with van der Waals surface area (Å²) in [6, 6.07) is 19.3. The van der Waals surface area contributed by atoms with E-state index in [0.717, 1.165) is 12.0 Å². The number of amides is 1. The molecule has 1 fully saturated rings. The van der Waals surface area contributed by atoms with E-state index in [2.05, 4.69) is 10.5 Å². The van der Waals surface area contributed by atoms with E-state index in [0.29, 0.717) is 5.71 Å². The first-order valence-electron chi connectivity index (χ1n) is 8.33. The average Bonchev–Trinajstić information content (AvgIpc) is 3.44. The van der Waals surface area contributed by atoms with Crippen molar-refractivity contribution >= 4 is 17.6 Å². The molecular weight excluding hydrogens is 316 g/mol. The van der Waals surface area contributed by atoms with Crippen LogP contribution in [0.4, 0.5) is 0 Å². The summed E-state index contributed by atoms with van der Waals surface area (Å²) in [5.41, 5.74) is 5.19. The van der Waals surface area contributed by atoms with Gasteiger partial charge in [-0.3, -0.25) is 9.59 Å². The van der Waals surface area contributed by atoms with Crippen LogP contribution in [0, 0.1) is 5.92 Å². The summed E-state index contributed by atoms with van der Waals surface area (Å²) in [5, 5.41) is 13.1. The fourth-order valence-corrected chi connectivity index (χ4v) is 2.88. The highest BCUT2D eigenvalue weighted by Crippen LogP contribution is 2.47. The molecule has 3 rings (SSSR count). The Balaban J connectivity index is 1.65. The molecule has 1 aliphatic rings. The summed E-state index contributed by atoms with van der Waals surface area (Å²) >= 11 is 0. The molecule has 2 aromatic carbocycles. The number of hydrogen-bond donors (Lipinski definition) is 2. The van der Waals surface area contributed by atoms with Crippen molar-refractivity contribution in [1.82, 2.24) is 5.43 Å². The number of aliphatic carboxylic acids is 1. The van der Waals surface area contributed by atoms with E-state index in [1.165, 1.54) is 5.56 Å². The van der Waals surface area contributed by atoms with E-state index in [1.807, 2.05) is 60.7 Å². The molecule has 128 valence electrons. The fourth-order valence-electron chi connectivity index (χ4n) is 2.88. The van der Waals surface area contributed by atoms with Gasteiger partial charge in [0.15, 0.2) is 0 Å². The van der Waals surface area contributed by atoms with Gasteiger partial charge in [-0.1, -0.05) is 60.7 Å². The first-order chi connectivity index (χ1) is 12.1. The van der Waals surface area contributed by atoms with Gasteiger partial charge >= 0.3 is 5.97 Å². The number of carboxylic acid groups (broad SMARTS) is 1. The molecule has 0 aliphatic heterocycles. The summed E-state index contributed by atoms with van der Waals surface area (Å²) in [4.78, 5) is 23.2. The lowest BCUT2D eigenvalue weighted by molar-refractivity contribution is -0.136. The van der Waals surface area contributed by atoms with Gasteiger partial charge < -0.3 is 5.11 Å². The predicted octanol–water partition coefficient (Wildman–Crippen LogP) is 3.18. The molecule has 5 heteroatoms. The number of carbonyl (C=O) groups excluding carboxylic acids is 1. The lowest BCUT2D eigenvalue weighted by Gasteiger charge is -2.06. The van der Waals surface area contributed by atoms with E-state index < -0.39 is 5.97 Å². The van der Waals surface area contributed by atoms with Crippen LogP contribution in [0.15, 0.2) is 65.8 Å². The Morgan fingerprint density at radius 1 is 1.00 bits per heavy atom. The van der Waals surface area contributed by atoms with Crippen molar-refractivity contribution in [3.05, 3.63) is 71.8 Å². The van der Waals surface area contributed by atoms with Crippen molar-refractivity contribution in [3.63, 3.8) is 0 Å². The molecular formula is C20H20N2O3. The molecule has 0 saturated heterocycles. The van der Waals surface area contributed by atoms with Crippen molar-refractivity contribution in [2.75, 3.05) is 0 Å². The second-order valence-corrected chi connectivity index (χ2v) is 6.15. The lowest BCUT2D eigenvalue weighted by atomic mass is 10.1. The molecule has 2 N–H and O–H groups in total. The standard InChI is InChI=1S/C20H20N2O3/c23-19(24)12-11-18(15-9-5-2-6-10-15)21-22-20(25)17-13-16(17)14-7-3-1-4-8-14/h1-10,16-17H,11-13H2,(H,22,25)(H,23,24)/b21-18-/t16-,17+/m1/s1. The molecule has 0 radical (unpaired) electrons. The molecule has 0 aromatic heterocycles. The van der Waals surface area contributed by atoms with Gasteiger partial charge in [-0.05, 0) is 23.5 Å². The predicted molar refractivity (Wildman–Crippen MR) is 95.3 cm³/mol. The average molecular weight is 336 g/mol. The molecule has 2 atom stereocenters. The zero-order chi connectivity index (χ0) is 17.6. The molecule has 2 aromatic rings. The van der Waals surface area contributed by atoms with Crippen LogP contribution in [-0.4, -0.2) is 22.7 Å². The van der Waals surface area contributed by atoms with Crippen molar-refractivity contribution in [2.24, 2.45) is 11.0 Å². The zero-order valence-corrected chi connectivity index (χ0v) is 13.8. The van der Waals surface area contributed by atoms with E-state index in [-0.39, 0.29) is 30.6 Å². The quantitative estimate of drug-likeness (QED) is 0.602. The molecule has 1 amide bonds. The van der Waals surface area contributed by atoms with Crippen molar-refractivity contribution in [3.8, 4) is 0 Å². The second-order valence-electron chi connectivity index (χ2n) is 6.15. The number of nitrogens with one attached hydrogen (secondary N) is 1. The van der Waals surface area contributed by atoms with Crippen LogP contribution in [0.3, 0.4) is 0 Å². The van der Waals surface area contributed by atoms with Crippen LogP contribution < -0.4 is 5.43 Å². The van der Waals surface area contributed by atoms with Crippen molar-refractivity contribution < 1.29 is 14.7 Å². The van der Waals surface area contributed by atoms with Gasteiger partial charge in [0.25, 0.3) is 0 Å². The first kappa shape index (κ1) is 16.9. The largest absolute Gasteiger partial charge is 0.481 e. The Bertz CT molecular complexity index is 772. The smallest absolute Gasteiger partial charge is 0.303 e. The van der Waals surface area contributed by atoms with Gasteiger partial charge in [-0.25, -0.2) is 5.43 Å². The number of rotatable bonds is 7. The Hall–Kier alpha value is -2.95. The van der Waals surface area contributed by atoms with Gasteiger partial charge in [0.1, 0.15) is 0 Å². The minimum Gasteiger partial charge on any atom is -0.481 e. The van der Waals surface area contributed by atoms with E-state index in [1.54, 1.807) is 0 Å². The highest BCUT2D eigenvalue weighted by Gasteiger charge is 2.43. The normalized spacial score (nSPS) is 19.3. The van der Waals surface area contributed by atoms with Crippen molar-refractivity contribution in [1.29, 1.82) is 0 Å². The molecule has 0 bridgehead atoms. The molecule has 1 saturated carbocycles. The number of hydrogen-bond acceptors (Lipinski definition) is 3.